The smallest absolute Gasteiger partial charge is 0.191 e. The summed E-state index contributed by atoms with van der Waals surface area (Å²) in [5, 5.41) is 16.2. The number of halogens is 1. The van der Waals surface area contributed by atoms with Crippen molar-refractivity contribution in [2.45, 2.75) is 52.7 Å². The Kier molecular flexibility index (Phi) is 6.96. The maximum atomic E-state index is 4.53. The quantitative estimate of drug-likeness (QED) is 0.415. The monoisotopic (exact) mass is 461 g/mol. The molecule has 0 atom stereocenters. The number of aliphatic imine (C=N–C) groups is 1. The molecule has 2 aromatic rings. The summed E-state index contributed by atoms with van der Waals surface area (Å²) in [5.74, 6) is 2.83. The van der Waals surface area contributed by atoms with Crippen molar-refractivity contribution >= 4 is 41.3 Å². The molecule has 0 fully saturated rings. The summed E-state index contributed by atoms with van der Waals surface area (Å²) < 4.78 is 2.22. The first-order valence-electron chi connectivity index (χ1n) is 7.95. The second-order valence-electron chi connectivity index (χ2n) is 5.67. The topological polar surface area (TPSA) is 80.0 Å². The molecule has 0 aromatic carbocycles. The van der Waals surface area contributed by atoms with Crippen LogP contribution in [0.2, 0.25) is 0 Å². The van der Waals surface area contributed by atoms with E-state index in [0.29, 0.717) is 13.1 Å². The number of rotatable bonds is 4. The van der Waals surface area contributed by atoms with Gasteiger partial charge in [0.2, 0.25) is 0 Å². The van der Waals surface area contributed by atoms with Gasteiger partial charge in [0.1, 0.15) is 10.8 Å². The summed E-state index contributed by atoms with van der Waals surface area (Å²) >= 11 is 1.72. The van der Waals surface area contributed by atoms with E-state index in [-0.39, 0.29) is 24.0 Å². The molecule has 2 N–H and O–H groups in total. The Hall–Kier alpha value is -1.23. The standard InChI is InChI=1S/C15H23N7S.HI/c1-10-11(2)23-14(19-10)9-18-15(16-3)17-8-13-21-20-12-6-4-5-7-22(12)13;/h4-9H2,1-3H3,(H2,16,17,18);1H. The summed E-state index contributed by atoms with van der Waals surface area (Å²) in [6.45, 7) is 6.46. The van der Waals surface area contributed by atoms with Crippen LogP contribution in [-0.2, 0) is 26.1 Å². The van der Waals surface area contributed by atoms with Crippen molar-refractivity contribution in [2.24, 2.45) is 4.99 Å². The molecular formula is C15H24IN7S. The van der Waals surface area contributed by atoms with E-state index in [1.54, 1.807) is 18.4 Å². The predicted molar refractivity (Wildman–Crippen MR) is 107 cm³/mol. The van der Waals surface area contributed by atoms with Crippen molar-refractivity contribution in [1.82, 2.24) is 30.4 Å². The van der Waals surface area contributed by atoms with Crippen molar-refractivity contribution < 1.29 is 0 Å². The molecule has 0 amide bonds. The number of nitrogens with zero attached hydrogens (tertiary/aromatic N) is 5. The molecule has 0 spiro atoms. The molecule has 3 rings (SSSR count). The van der Waals surface area contributed by atoms with Gasteiger partial charge in [-0.1, -0.05) is 0 Å². The Labute approximate surface area is 163 Å². The Morgan fingerprint density at radius 1 is 1.21 bits per heavy atom. The summed E-state index contributed by atoms with van der Waals surface area (Å²) in [6, 6.07) is 0. The highest BCUT2D eigenvalue weighted by molar-refractivity contribution is 14.0. The summed E-state index contributed by atoms with van der Waals surface area (Å²) in [7, 11) is 1.77. The molecule has 0 saturated carbocycles. The fraction of sp³-hybridized carbons (Fsp3) is 0.600. The Morgan fingerprint density at radius 3 is 2.71 bits per heavy atom. The highest BCUT2D eigenvalue weighted by atomic mass is 127. The van der Waals surface area contributed by atoms with Gasteiger partial charge < -0.3 is 15.2 Å². The minimum absolute atomic E-state index is 0. The van der Waals surface area contributed by atoms with E-state index in [1.165, 1.54) is 17.7 Å². The lowest BCUT2D eigenvalue weighted by atomic mass is 10.2. The van der Waals surface area contributed by atoms with Crippen LogP contribution in [-0.4, -0.2) is 32.8 Å². The van der Waals surface area contributed by atoms with Crippen molar-refractivity contribution in [3.63, 3.8) is 0 Å². The molecule has 0 saturated heterocycles. The molecule has 2 aromatic heterocycles. The highest BCUT2D eigenvalue weighted by Crippen LogP contribution is 2.16. The van der Waals surface area contributed by atoms with Crippen LogP contribution in [0.5, 0.6) is 0 Å². The van der Waals surface area contributed by atoms with Crippen LogP contribution in [0.1, 0.15) is 40.1 Å². The molecule has 1 aliphatic heterocycles. The SMILES string of the molecule is CN=C(NCc1nc(C)c(C)s1)NCc1nnc2n1CCCC2.I. The van der Waals surface area contributed by atoms with Crippen LogP contribution < -0.4 is 10.6 Å². The first kappa shape index (κ1) is 19.1. The number of hydrogen-bond acceptors (Lipinski definition) is 5. The summed E-state index contributed by atoms with van der Waals surface area (Å²) in [4.78, 5) is 10.1. The minimum Gasteiger partial charge on any atom is -0.350 e. The van der Waals surface area contributed by atoms with Gasteiger partial charge in [-0.05, 0) is 26.7 Å². The summed E-state index contributed by atoms with van der Waals surface area (Å²) in [6.07, 6.45) is 3.44. The van der Waals surface area contributed by atoms with Gasteiger partial charge in [0, 0.05) is 24.9 Å². The molecule has 9 heteroatoms. The largest absolute Gasteiger partial charge is 0.350 e. The molecule has 132 valence electrons. The Balaban J connectivity index is 0.00000208. The van der Waals surface area contributed by atoms with E-state index >= 15 is 0 Å². The first-order chi connectivity index (χ1) is 11.2. The zero-order valence-electron chi connectivity index (χ0n) is 14.3. The van der Waals surface area contributed by atoms with Crippen molar-refractivity contribution in [3.8, 4) is 0 Å². The van der Waals surface area contributed by atoms with E-state index in [4.69, 9.17) is 0 Å². The van der Waals surface area contributed by atoms with Crippen LogP contribution in [0.15, 0.2) is 4.99 Å². The lowest BCUT2D eigenvalue weighted by Gasteiger charge is -2.15. The second-order valence-corrected chi connectivity index (χ2v) is 6.96. The van der Waals surface area contributed by atoms with Gasteiger partial charge in [0.25, 0.3) is 0 Å². The molecule has 24 heavy (non-hydrogen) atoms. The molecule has 1 aliphatic rings. The average molecular weight is 461 g/mol. The van der Waals surface area contributed by atoms with Crippen LogP contribution in [0, 0.1) is 13.8 Å². The zero-order valence-corrected chi connectivity index (χ0v) is 17.4. The Morgan fingerprint density at radius 2 is 2.00 bits per heavy atom. The molecule has 0 aliphatic carbocycles. The normalized spacial score (nSPS) is 14.0. The van der Waals surface area contributed by atoms with Crippen molar-refractivity contribution in [3.05, 3.63) is 27.2 Å². The predicted octanol–water partition coefficient (Wildman–Crippen LogP) is 2.17. The molecule has 0 unspecified atom stereocenters. The van der Waals surface area contributed by atoms with Gasteiger partial charge in [-0.25, -0.2) is 4.98 Å². The van der Waals surface area contributed by atoms with Crippen molar-refractivity contribution in [2.75, 3.05) is 7.05 Å². The number of aryl methyl sites for hydroxylation is 3. The first-order valence-corrected chi connectivity index (χ1v) is 8.77. The molecular weight excluding hydrogens is 437 g/mol. The number of fused-ring (bicyclic) bond motifs is 1. The highest BCUT2D eigenvalue weighted by Gasteiger charge is 2.15. The van der Waals surface area contributed by atoms with Crippen LogP contribution in [0.3, 0.4) is 0 Å². The number of hydrogen-bond donors (Lipinski definition) is 2. The molecule has 0 bridgehead atoms. The van der Waals surface area contributed by atoms with E-state index in [9.17, 15) is 0 Å². The Bertz CT molecular complexity index is 687. The minimum atomic E-state index is 0. The van der Waals surface area contributed by atoms with Crippen LogP contribution in [0.4, 0.5) is 0 Å². The van der Waals surface area contributed by atoms with E-state index < -0.39 is 0 Å². The number of guanidine groups is 1. The molecule has 7 nitrogen and oxygen atoms in total. The van der Waals surface area contributed by atoms with Gasteiger partial charge in [-0.2, -0.15) is 0 Å². The zero-order chi connectivity index (χ0) is 16.2. The van der Waals surface area contributed by atoms with Crippen LogP contribution in [0.25, 0.3) is 0 Å². The van der Waals surface area contributed by atoms with Gasteiger partial charge >= 0.3 is 0 Å². The van der Waals surface area contributed by atoms with Gasteiger partial charge in [0.05, 0.1) is 18.8 Å². The fourth-order valence-corrected chi connectivity index (χ4v) is 3.53. The third-order valence-corrected chi connectivity index (χ3v) is 5.13. The van der Waals surface area contributed by atoms with Crippen LogP contribution >= 0.6 is 35.3 Å². The van der Waals surface area contributed by atoms with Crippen molar-refractivity contribution in [1.29, 1.82) is 0 Å². The average Bonchev–Trinajstić information content (AvgIpc) is 3.11. The number of nitrogens with one attached hydrogen (secondary N) is 2. The van der Waals surface area contributed by atoms with E-state index in [2.05, 4.69) is 42.3 Å². The lowest BCUT2D eigenvalue weighted by molar-refractivity contribution is 0.504. The third-order valence-electron chi connectivity index (χ3n) is 4.05. The summed E-state index contributed by atoms with van der Waals surface area (Å²) in [5.41, 5.74) is 1.10. The second kappa shape index (κ2) is 8.75. The van der Waals surface area contributed by atoms with Gasteiger partial charge in [0.15, 0.2) is 11.8 Å². The molecule has 0 radical (unpaired) electrons. The van der Waals surface area contributed by atoms with E-state index in [1.807, 2.05) is 6.92 Å². The van der Waals surface area contributed by atoms with Gasteiger partial charge in [-0.3, -0.25) is 4.99 Å². The maximum Gasteiger partial charge on any atom is 0.191 e. The maximum absolute atomic E-state index is 4.53. The fourth-order valence-electron chi connectivity index (χ4n) is 2.66. The number of aromatic nitrogens is 4. The number of thiazole rings is 1. The lowest BCUT2D eigenvalue weighted by Crippen LogP contribution is -2.37. The van der Waals surface area contributed by atoms with Gasteiger partial charge in [-0.15, -0.1) is 45.5 Å². The molecule has 3 heterocycles. The van der Waals surface area contributed by atoms with E-state index in [0.717, 1.165) is 41.3 Å². The third kappa shape index (κ3) is 4.44.